The van der Waals surface area contributed by atoms with Crippen LogP contribution >= 0.6 is 0 Å². The molecule has 5 aliphatic rings. The lowest BCUT2D eigenvalue weighted by Crippen LogP contribution is -2.49. The first kappa shape index (κ1) is 15.4. The van der Waals surface area contributed by atoms with E-state index >= 15 is 0 Å². The van der Waals surface area contributed by atoms with Gasteiger partial charge in [0.15, 0.2) is 0 Å². The number of nitrogens with zero attached hydrogens (tertiary/aromatic N) is 1. The lowest BCUT2D eigenvalue weighted by Gasteiger charge is -2.53. The summed E-state index contributed by atoms with van der Waals surface area (Å²) in [5, 5.41) is 3.17. The zero-order valence-electron chi connectivity index (χ0n) is 14.6. The minimum absolute atomic E-state index is 0.185. The first-order valence-corrected chi connectivity index (χ1v) is 9.88. The number of hydrogen-bond acceptors (Lipinski definition) is 2. The van der Waals surface area contributed by atoms with Gasteiger partial charge in [0.1, 0.15) is 0 Å². The fourth-order valence-electron chi connectivity index (χ4n) is 6.25. The van der Waals surface area contributed by atoms with E-state index in [4.69, 9.17) is 0 Å². The van der Waals surface area contributed by atoms with Gasteiger partial charge in [0.25, 0.3) is 0 Å². The number of carbonyl (C=O) groups is 2. The van der Waals surface area contributed by atoms with Crippen LogP contribution in [-0.4, -0.2) is 18.4 Å². The number of rotatable bonds is 3. The third-order valence-electron chi connectivity index (χ3n) is 7.03. The summed E-state index contributed by atoms with van der Waals surface area (Å²) in [7, 11) is 0. The molecule has 132 valence electrons. The van der Waals surface area contributed by atoms with E-state index in [0.717, 1.165) is 36.2 Å². The second kappa shape index (κ2) is 5.86. The van der Waals surface area contributed by atoms with Crippen molar-refractivity contribution in [1.29, 1.82) is 0 Å². The SMILES string of the molecule is O=C(Nc1cccc(N2CCCC2=O)c1)C1C2CC3CC(C2)CC1C3. The highest BCUT2D eigenvalue weighted by atomic mass is 16.2. The van der Waals surface area contributed by atoms with Gasteiger partial charge >= 0.3 is 0 Å². The first-order chi connectivity index (χ1) is 12.2. The van der Waals surface area contributed by atoms with Crippen LogP contribution in [0.4, 0.5) is 11.4 Å². The van der Waals surface area contributed by atoms with E-state index < -0.39 is 0 Å². The monoisotopic (exact) mass is 338 g/mol. The summed E-state index contributed by atoms with van der Waals surface area (Å²) >= 11 is 0. The summed E-state index contributed by atoms with van der Waals surface area (Å²) in [5.74, 6) is 3.55. The molecule has 6 rings (SSSR count). The van der Waals surface area contributed by atoms with Gasteiger partial charge in [0.05, 0.1) is 0 Å². The highest BCUT2D eigenvalue weighted by molar-refractivity contribution is 5.97. The third-order valence-corrected chi connectivity index (χ3v) is 7.03. The molecule has 0 spiro atoms. The van der Waals surface area contributed by atoms with Crippen molar-refractivity contribution in [1.82, 2.24) is 0 Å². The zero-order chi connectivity index (χ0) is 17.0. The first-order valence-electron chi connectivity index (χ1n) is 9.88. The number of amides is 2. The highest BCUT2D eigenvalue weighted by Crippen LogP contribution is 2.56. The summed E-state index contributed by atoms with van der Waals surface area (Å²) in [4.78, 5) is 26.8. The lowest BCUT2D eigenvalue weighted by atomic mass is 9.51. The molecule has 4 heteroatoms. The molecule has 0 unspecified atom stereocenters. The molecular weight excluding hydrogens is 312 g/mol. The summed E-state index contributed by atoms with van der Waals surface area (Å²) in [6.07, 6.45) is 7.99. The van der Waals surface area contributed by atoms with Crippen molar-refractivity contribution < 1.29 is 9.59 Å². The minimum atomic E-state index is 0.185. The van der Waals surface area contributed by atoms with Crippen LogP contribution in [0.2, 0.25) is 0 Å². The van der Waals surface area contributed by atoms with Gasteiger partial charge in [-0.25, -0.2) is 0 Å². The molecule has 1 saturated heterocycles. The van der Waals surface area contributed by atoms with Crippen molar-refractivity contribution in [3.63, 3.8) is 0 Å². The average Bonchev–Trinajstić information content (AvgIpc) is 3.00. The Morgan fingerprint density at radius 3 is 2.40 bits per heavy atom. The minimum Gasteiger partial charge on any atom is -0.326 e. The van der Waals surface area contributed by atoms with Gasteiger partial charge in [-0.3, -0.25) is 9.59 Å². The molecule has 4 bridgehead atoms. The topological polar surface area (TPSA) is 49.4 Å². The van der Waals surface area contributed by atoms with Gasteiger partial charge in [-0.15, -0.1) is 0 Å². The molecule has 4 nitrogen and oxygen atoms in total. The molecule has 4 aliphatic carbocycles. The Balaban J connectivity index is 1.32. The van der Waals surface area contributed by atoms with E-state index in [1.165, 1.54) is 32.1 Å². The van der Waals surface area contributed by atoms with Crippen molar-refractivity contribution in [2.75, 3.05) is 16.8 Å². The number of nitrogens with one attached hydrogen (secondary N) is 1. The fraction of sp³-hybridized carbons (Fsp3) is 0.619. The molecule has 1 aromatic rings. The molecule has 1 aliphatic heterocycles. The third kappa shape index (κ3) is 2.66. The summed E-state index contributed by atoms with van der Waals surface area (Å²) in [6, 6.07) is 7.80. The van der Waals surface area contributed by atoms with Crippen molar-refractivity contribution in [2.24, 2.45) is 29.6 Å². The molecule has 1 N–H and O–H groups in total. The van der Waals surface area contributed by atoms with Crippen molar-refractivity contribution in [2.45, 2.75) is 44.9 Å². The smallest absolute Gasteiger partial charge is 0.228 e. The van der Waals surface area contributed by atoms with Gasteiger partial charge in [0, 0.05) is 30.3 Å². The predicted octanol–water partition coefficient (Wildman–Crippen LogP) is 3.82. The maximum Gasteiger partial charge on any atom is 0.228 e. The molecule has 5 fully saturated rings. The Hall–Kier alpha value is -1.84. The molecule has 0 radical (unpaired) electrons. The standard InChI is InChI=1S/C21H26N2O2/c24-19-5-2-6-23(19)18-4-1-3-17(12-18)22-21(25)20-15-8-13-7-14(10-15)11-16(20)9-13/h1,3-4,12-16,20H,2,5-11H2,(H,22,25). The van der Waals surface area contributed by atoms with Crippen LogP contribution in [0.25, 0.3) is 0 Å². The highest BCUT2D eigenvalue weighted by Gasteiger charge is 2.50. The summed E-state index contributed by atoms with van der Waals surface area (Å²) in [6.45, 7) is 0.784. The Bertz CT molecular complexity index is 686. The number of benzene rings is 1. The van der Waals surface area contributed by atoms with E-state index in [1.807, 2.05) is 29.2 Å². The molecule has 0 atom stereocenters. The largest absolute Gasteiger partial charge is 0.326 e. The summed E-state index contributed by atoms with van der Waals surface area (Å²) < 4.78 is 0. The van der Waals surface area contributed by atoms with Crippen molar-refractivity contribution in [3.05, 3.63) is 24.3 Å². The molecule has 1 heterocycles. The van der Waals surface area contributed by atoms with Gasteiger partial charge in [-0.1, -0.05) is 6.07 Å². The van der Waals surface area contributed by atoms with Gasteiger partial charge in [0.2, 0.25) is 11.8 Å². The van der Waals surface area contributed by atoms with Crippen LogP contribution < -0.4 is 10.2 Å². The Morgan fingerprint density at radius 1 is 1.04 bits per heavy atom. The molecule has 2 amide bonds. The van der Waals surface area contributed by atoms with Gasteiger partial charge in [-0.2, -0.15) is 0 Å². The maximum atomic E-state index is 13.0. The molecule has 25 heavy (non-hydrogen) atoms. The number of hydrogen-bond donors (Lipinski definition) is 1. The zero-order valence-corrected chi connectivity index (χ0v) is 14.6. The van der Waals surface area contributed by atoms with E-state index in [1.54, 1.807) is 0 Å². The van der Waals surface area contributed by atoms with Crippen LogP contribution in [0.1, 0.15) is 44.9 Å². The van der Waals surface area contributed by atoms with Gasteiger partial charge in [-0.05, 0) is 80.4 Å². The van der Waals surface area contributed by atoms with Crippen LogP contribution in [0, 0.1) is 29.6 Å². The second-order valence-electron chi connectivity index (χ2n) is 8.65. The van der Waals surface area contributed by atoms with Crippen LogP contribution in [0.15, 0.2) is 24.3 Å². The number of carbonyl (C=O) groups excluding carboxylic acids is 2. The fourth-order valence-corrected chi connectivity index (χ4v) is 6.25. The quantitative estimate of drug-likeness (QED) is 0.911. The van der Waals surface area contributed by atoms with Crippen LogP contribution in [0.5, 0.6) is 0 Å². The molecule has 4 saturated carbocycles. The van der Waals surface area contributed by atoms with Crippen LogP contribution in [0.3, 0.4) is 0 Å². The van der Waals surface area contributed by atoms with E-state index in [2.05, 4.69) is 5.32 Å². The van der Waals surface area contributed by atoms with Gasteiger partial charge < -0.3 is 10.2 Å². The normalized spacial score (nSPS) is 36.1. The molecule has 0 aromatic heterocycles. The molecular formula is C21H26N2O2. The maximum absolute atomic E-state index is 13.0. The van der Waals surface area contributed by atoms with E-state index in [9.17, 15) is 9.59 Å². The average molecular weight is 338 g/mol. The predicted molar refractivity (Wildman–Crippen MR) is 97.2 cm³/mol. The van der Waals surface area contributed by atoms with Crippen molar-refractivity contribution in [3.8, 4) is 0 Å². The van der Waals surface area contributed by atoms with Crippen molar-refractivity contribution >= 4 is 23.2 Å². The van der Waals surface area contributed by atoms with E-state index in [-0.39, 0.29) is 17.7 Å². The summed E-state index contributed by atoms with van der Waals surface area (Å²) in [5.41, 5.74) is 1.74. The van der Waals surface area contributed by atoms with Crippen LogP contribution in [-0.2, 0) is 9.59 Å². The van der Waals surface area contributed by atoms with E-state index in [0.29, 0.717) is 18.3 Å². The number of anilines is 2. The Labute approximate surface area is 149 Å². The second-order valence-corrected chi connectivity index (χ2v) is 8.65. The molecule has 1 aromatic carbocycles. The lowest BCUT2D eigenvalue weighted by molar-refractivity contribution is -0.132. The Morgan fingerprint density at radius 2 is 1.76 bits per heavy atom. The Kier molecular flexibility index (Phi) is 3.61.